The van der Waals surface area contributed by atoms with Crippen molar-refractivity contribution in [3.8, 4) is 5.75 Å². The topological polar surface area (TPSA) is 78.3 Å². The Hall–Kier alpha value is -2.08. The largest absolute Gasteiger partial charge is 0.488 e. The van der Waals surface area contributed by atoms with E-state index in [1.165, 1.54) is 18.2 Å². The van der Waals surface area contributed by atoms with Gasteiger partial charge in [0.25, 0.3) is 5.91 Å². The Morgan fingerprint density at radius 1 is 1.25 bits per heavy atom. The second-order valence-corrected chi connectivity index (χ2v) is 5.00. The number of primary amides is 1. The molecule has 0 bridgehead atoms. The summed E-state index contributed by atoms with van der Waals surface area (Å²) in [7, 11) is 0. The number of nitrogen functional groups attached to an aromatic ring is 1. The molecule has 20 heavy (non-hydrogen) atoms. The lowest BCUT2D eigenvalue weighted by Crippen LogP contribution is -2.13. The maximum Gasteiger partial charge on any atom is 0.252 e. The highest BCUT2D eigenvalue weighted by molar-refractivity contribution is 9.10. The van der Waals surface area contributed by atoms with E-state index in [1.807, 2.05) is 0 Å². The number of carbonyl (C=O) groups excluding carboxylic acids is 1. The first-order valence-electron chi connectivity index (χ1n) is 5.73. The zero-order chi connectivity index (χ0) is 14.7. The van der Waals surface area contributed by atoms with Crippen LogP contribution in [0.1, 0.15) is 15.9 Å². The first kappa shape index (κ1) is 14.3. The van der Waals surface area contributed by atoms with Crippen molar-refractivity contribution in [1.82, 2.24) is 0 Å². The summed E-state index contributed by atoms with van der Waals surface area (Å²) in [5.74, 6) is -0.626. The second-order valence-electron chi connectivity index (χ2n) is 4.14. The lowest BCUT2D eigenvalue weighted by Gasteiger charge is -2.11. The summed E-state index contributed by atoms with van der Waals surface area (Å²) >= 11 is 3.25. The van der Waals surface area contributed by atoms with E-state index in [1.54, 1.807) is 18.2 Å². The molecule has 2 rings (SSSR count). The number of halogens is 2. The van der Waals surface area contributed by atoms with E-state index in [0.29, 0.717) is 15.9 Å². The number of ether oxygens (including phenoxy) is 1. The maximum absolute atomic E-state index is 13.0. The molecule has 0 saturated heterocycles. The number of hydrogen-bond acceptors (Lipinski definition) is 3. The summed E-state index contributed by atoms with van der Waals surface area (Å²) in [6.07, 6.45) is 0. The van der Waals surface area contributed by atoms with E-state index in [4.69, 9.17) is 16.2 Å². The van der Waals surface area contributed by atoms with Crippen molar-refractivity contribution in [2.75, 3.05) is 5.73 Å². The predicted octanol–water partition coefficient (Wildman–Crippen LogP) is 2.85. The Morgan fingerprint density at radius 3 is 2.65 bits per heavy atom. The first-order valence-corrected chi connectivity index (χ1v) is 6.52. The molecule has 0 aromatic heterocycles. The van der Waals surface area contributed by atoms with Gasteiger partial charge in [0, 0.05) is 15.7 Å². The highest BCUT2D eigenvalue weighted by Gasteiger charge is 2.11. The van der Waals surface area contributed by atoms with E-state index in [9.17, 15) is 9.18 Å². The van der Waals surface area contributed by atoms with Crippen molar-refractivity contribution < 1.29 is 13.9 Å². The van der Waals surface area contributed by atoms with E-state index in [2.05, 4.69) is 15.9 Å². The van der Waals surface area contributed by atoms with Crippen LogP contribution in [0.5, 0.6) is 5.75 Å². The van der Waals surface area contributed by atoms with Crippen LogP contribution in [0.25, 0.3) is 0 Å². The summed E-state index contributed by atoms with van der Waals surface area (Å²) in [6, 6.07) is 8.92. The molecule has 0 fully saturated rings. The highest BCUT2D eigenvalue weighted by Crippen LogP contribution is 2.24. The number of hydrogen-bond donors (Lipinski definition) is 2. The van der Waals surface area contributed by atoms with Crippen molar-refractivity contribution in [2.45, 2.75) is 6.61 Å². The number of carbonyl (C=O) groups is 1. The van der Waals surface area contributed by atoms with Crippen molar-refractivity contribution >= 4 is 27.5 Å². The third kappa shape index (κ3) is 3.27. The lowest BCUT2D eigenvalue weighted by molar-refractivity contribution is 0.0996. The lowest BCUT2D eigenvalue weighted by atomic mass is 10.1. The molecule has 0 aliphatic rings. The van der Waals surface area contributed by atoms with Crippen LogP contribution in [0.2, 0.25) is 0 Å². The highest BCUT2D eigenvalue weighted by atomic mass is 79.9. The monoisotopic (exact) mass is 338 g/mol. The third-order valence-electron chi connectivity index (χ3n) is 2.67. The molecule has 2 aromatic rings. The van der Waals surface area contributed by atoms with Crippen LogP contribution < -0.4 is 16.2 Å². The van der Waals surface area contributed by atoms with E-state index in [0.717, 1.165) is 5.56 Å². The summed E-state index contributed by atoms with van der Waals surface area (Å²) in [4.78, 5) is 11.3. The molecular weight excluding hydrogens is 327 g/mol. The molecule has 4 N–H and O–H groups in total. The standard InChI is InChI=1S/C14H12BrFN2O2/c15-12-5-9(16)2-1-8(12)7-20-13-4-3-10(17)6-11(13)14(18)19/h1-6H,7,17H2,(H2,18,19). The first-order chi connectivity index (χ1) is 9.47. The Kier molecular flexibility index (Phi) is 4.24. The molecule has 0 aliphatic carbocycles. The van der Waals surface area contributed by atoms with Crippen LogP contribution in [0, 0.1) is 5.82 Å². The molecule has 6 heteroatoms. The molecule has 104 valence electrons. The molecule has 4 nitrogen and oxygen atoms in total. The fraction of sp³-hybridized carbons (Fsp3) is 0.0714. The van der Waals surface area contributed by atoms with Gasteiger partial charge in [-0.3, -0.25) is 4.79 Å². The van der Waals surface area contributed by atoms with Gasteiger partial charge in [-0.15, -0.1) is 0 Å². The van der Waals surface area contributed by atoms with Gasteiger partial charge < -0.3 is 16.2 Å². The maximum atomic E-state index is 13.0. The predicted molar refractivity (Wildman–Crippen MR) is 77.8 cm³/mol. The Balaban J connectivity index is 2.20. The Labute approximate surface area is 123 Å². The quantitative estimate of drug-likeness (QED) is 0.841. The zero-order valence-electron chi connectivity index (χ0n) is 10.4. The number of benzene rings is 2. The van der Waals surface area contributed by atoms with Gasteiger partial charge in [0.05, 0.1) is 5.56 Å². The minimum Gasteiger partial charge on any atom is -0.488 e. The molecular formula is C14H12BrFN2O2. The van der Waals surface area contributed by atoms with Crippen molar-refractivity contribution in [2.24, 2.45) is 5.73 Å². The van der Waals surface area contributed by atoms with Gasteiger partial charge in [0.2, 0.25) is 0 Å². The molecule has 0 radical (unpaired) electrons. The summed E-state index contributed by atoms with van der Waals surface area (Å²) < 4.78 is 19.1. The van der Waals surface area contributed by atoms with E-state index in [-0.39, 0.29) is 18.0 Å². The molecule has 1 amide bonds. The number of anilines is 1. The summed E-state index contributed by atoms with van der Waals surface area (Å²) in [6.45, 7) is 0.172. The van der Waals surface area contributed by atoms with Gasteiger partial charge in [-0.05, 0) is 30.3 Å². The Bertz CT molecular complexity index is 662. The van der Waals surface area contributed by atoms with E-state index >= 15 is 0 Å². The summed E-state index contributed by atoms with van der Waals surface area (Å²) in [5, 5.41) is 0. The minimum absolute atomic E-state index is 0.172. The number of amides is 1. The van der Waals surface area contributed by atoms with Crippen molar-refractivity contribution in [3.63, 3.8) is 0 Å². The average molecular weight is 339 g/mol. The fourth-order valence-electron chi connectivity index (χ4n) is 1.66. The third-order valence-corrected chi connectivity index (χ3v) is 3.41. The normalized spacial score (nSPS) is 10.3. The van der Waals surface area contributed by atoms with Crippen molar-refractivity contribution in [3.05, 3.63) is 57.8 Å². The SMILES string of the molecule is NC(=O)c1cc(N)ccc1OCc1ccc(F)cc1Br. The van der Waals surface area contributed by atoms with Gasteiger partial charge in [-0.1, -0.05) is 22.0 Å². The van der Waals surface area contributed by atoms with Gasteiger partial charge >= 0.3 is 0 Å². The molecule has 0 atom stereocenters. The molecule has 0 spiro atoms. The van der Waals surface area contributed by atoms with E-state index < -0.39 is 5.91 Å². The smallest absolute Gasteiger partial charge is 0.252 e. The van der Waals surface area contributed by atoms with Crippen molar-refractivity contribution in [1.29, 1.82) is 0 Å². The van der Waals surface area contributed by atoms with Crippen LogP contribution in [0.15, 0.2) is 40.9 Å². The van der Waals surface area contributed by atoms with Crippen LogP contribution in [0.4, 0.5) is 10.1 Å². The van der Waals surface area contributed by atoms with Crippen LogP contribution in [0.3, 0.4) is 0 Å². The van der Waals surface area contributed by atoms with Crippen LogP contribution >= 0.6 is 15.9 Å². The number of nitrogens with two attached hydrogens (primary N) is 2. The second kappa shape index (κ2) is 5.92. The molecule has 0 unspecified atom stereocenters. The van der Waals surface area contributed by atoms with Gasteiger partial charge in [0.1, 0.15) is 18.2 Å². The zero-order valence-corrected chi connectivity index (χ0v) is 12.0. The van der Waals surface area contributed by atoms with Crippen LogP contribution in [-0.2, 0) is 6.61 Å². The minimum atomic E-state index is -0.620. The number of rotatable bonds is 4. The van der Waals surface area contributed by atoms with Crippen LogP contribution in [-0.4, -0.2) is 5.91 Å². The van der Waals surface area contributed by atoms with Gasteiger partial charge in [0.15, 0.2) is 0 Å². The molecule has 0 aliphatic heterocycles. The Morgan fingerprint density at radius 2 is 2.00 bits per heavy atom. The van der Waals surface area contributed by atoms with Gasteiger partial charge in [-0.2, -0.15) is 0 Å². The summed E-state index contributed by atoms with van der Waals surface area (Å²) in [5.41, 5.74) is 12.3. The van der Waals surface area contributed by atoms with Gasteiger partial charge in [-0.25, -0.2) is 4.39 Å². The fourth-order valence-corrected chi connectivity index (χ4v) is 2.13. The average Bonchev–Trinajstić information content (AvgIpc) is 2.38. The molecule has 0 saturated carbocycles. The molecule has 0 heterocycles. The molecule has 2 aromatic carbocycles.